The van der Waals surface area contributed by atoms with Crippen molar-refractivity contribution in [3.05, 3.63) is 0 Å². The Kier molecular flexibility index (Phi) is 4.86. The van der Waals surface area contributed by atoms with Gasteiger partial charge in [-0.3, -0.25) is 4.79 Å². The molecule has 0 spiro atoms. The van der Waals surface area contributed by atoms with Crippen LogP contribution in [-0.2, 0) is 4.79 Å². The maximum Gasteiger partial charge on any atom is 0.320 e. The molecule has 1 aliphatic heterocycles. The highest BCUT2D eigenvalue weighted by molar-refractivity contribution is 5.76. The molecule has 2 aliphatic rings. The topological polar surface area (TPSA) is 81.1 Å². The number of carbonyl (C=O) groups is 2. The van der Waals surface area contributed by atoms with Crippen molar-refractivity contribution < 1.29 is 19.8 Å². The standard InChI is InChI=1S/C14H24N2O4/c1-10-9-11(13(18)19)5-6-15(10)14(20)16(7-8-17)12-3-2-4-12/h10-12,17H,2-9H2,1H3,(H,18,19). The number of carbonyl (C=O) groups excluding carboxylic acids is 1. The van der Waals surface area contributed by atoms with Crippen molar-refractivity contribution in [3.8, 4) is 0 Å². The number of amides is 2. The molecule has 0 aromatic rings. The van der Waals surface area contributed by atoms with Crippen LogP contribution in [0, 0.1) is 5.92 Å². The van der Waals surface area contributed by atoms with E-state index in [1.54, 1.807) is 9.80 Å². The fraction of sp³-hybridized carbons (Fsp3) is 0.857. The summed E-state index contributed by atoms with van der Waals surface area (Å²) in [4.78, 5) is 27.2. The molecule has 2 fully saturated rings. The fourth-order valence-corrected chi connectivity index (χ4v) is 3.09. The number of rotatable bonds is 4. The Morgan fingerprint density at radius 2 is 2.00 bits per heavy atom. The number of aliphatic hydroxyl groups excluding tert-OH is 1. The molecule has 2 atom stereocenters. The molecular formula is C14H24N2O4. The quantitative estimate of drug-likeness (QED) is 0.811. The van der Waals surface area contributed by atoms with Crippen LogP contribution in [0.2, 0.25) is 0 Å². The van der Waals surface area contributed by atoms with Crippen LogP contribution in [0.15, 0.2) is 0 Å². The van der Waals surface area contributed by atoms with Crippen molar-refractivity contribution in [1.82, 2.24) is 9.80 Å². The molecule has 1 saturated carbocycles. The number of carboxylic acid groups (broad SMARTS) is 1. The van der Waals surface area contributed by atoms with Gasteiger partial charge in [0.2, 0.25) is 0 Å². The molecule has 114 valence electrons. The van der Waals surface area contributed by atoms with Crippen LogP contribution < -0.4 is 0 Å². The van der Waals surface area contributed by atoms with Gasteiger partial charge >= 0.3 is 12.0 Å². The van der Waals surface area contributed by atoms with Gasteiger partial charge in [-0.05, 0) is 39.0 Å². The van der Waals surface area contributed by atoms with Gasteiger partial charge < -0.3 is 20.0 Å². The lowest BCUT2D eigenvalue weighted by Crippen LogP contribution is -2.56. The van der Waals surface area contributed by atoms with Gasteiger partial charge in [-0.1, -0.05) is 0 Å². The summed E-state index contributed by atoms with van der Waals surface area (Å²) >= 11 is 0. The van der Waals surface area contributed by atoms with Crippen molar-refractivity contribution in [1.29, 1.82) is 0 Å². The van der Waals surface area contributed by atoms with E-state index in [4.69, 9.17) is 10.2 Å². The van der Waals surface area contributed by atoms with E-state index in [0.29, 0.717) is 25.9 Å². The minimum atomic E-state index is -0.768. The van der Waals surface area contributed by atoms with Crippen molar-refractivity contribution >= 4 is 12.0 Å². The zero-order chi connectivity index (χ0) is 14.7. The maximum atomic E-state index is 12.6. The van der Waals surface area contributed by atoms with Crippen molar-refractivity contribution in [2.45, 2.75) is 51.1 Å². The number of aliphatic hydroxyl groups is 1. The molecule has 6 heteroatoms. The van der Waals surface area contributed by atoms with Crippen molar-refractivity contribution in [3.63, 3.8) is 0 Å². The Morgan fingerprint density at radius 1 is 1.30 bits per heavy atom. The summed E-state index contributed by atoms with van der Waals surface area (Å²) in [5.41, 5.74) is 0. The first kappa shape index (κ1) is 15.1. The normalized spacial score (nSPS) is 27.0. The SMILES string of the molecule is CC1CC(C(=O)O)CCN1C(=O)N(CCO)C1CCC1. The number of hydrogen-bond acceptors (Lipinski definition) is 3. The third-order valence-electron chi connectivity index (χ3n) is 4.57. The Labute approximate surface area is 119 Å². The molecule has 2 amide bonds. The lowest BCUT2D eigenvalue weighted by Gasteiger charge is -2.44. The van der Waals surface area contributed by atoms with Gasteiger partial charge in [0.15, 0.2) is 0 Å². The maximum absolute atomic E-state index is 12.6. The molecule has 1 heterocycles. The molecule has 20 heavy (non-hydrogen) atoms. The van der Waals surface area contributed by atoms with Gasteiger partial charge in [0.1, 0.15) is 0 Å². The first-order chi connectivity index (χ1) is 9.54. The van der Waals surface area contributed by atoms with E-state index in [1.807, 2.05) is 6.92 Å². The Balaban J connectivity index is 1.98. The second kappa shape index (κ2) is 6.43. The zero-order valence-electron chi connectivity index (χ0n) is 12.0. The van der Waals surface area contributed by atoms with Gasteiger partial charge in [0, 0.05) is 25.2 Å². The molecule has 1 saturated heterocycles. The van der Waals surface area contributed by atoms with E-state index >= 15 is 0 Å². The second-order valence-corrected chi connectivity index (χ2v) is 5.89. The largest absolute Gasteiger partial charge is 0.481 e. The average molecular weight is 284 g/mol. The fourth-order valence-electron chi connectivity index (χ4n) is 3.09. The van der Waals surface area contributed by atoms with E-state index in [1.165, 1.54) is 0 Å². The first-order valence-electron chi connectivity index (χ1n) is 7.45. The third kappa shape index (κ3) is 3.06. The highest BCUT2D eigenvalue weighted by Crippen LogP contribution is 2.29. The zero-order valence-corrected chi connectivity index (χ0v) is 12.0. The van der Waals surface area contributed by atoms with Crippen LogP contribution in [0.3, 0.4) is 0 Å². The van der Waals surface area contributed by atoms with Gasteiger partial charge in [-0.25, -0.2) is 4.79 Å². The van der Waals surface area contributed by atoms with Crippen molar-refractivity contribution in [2.24, 2.45) is 5.92 Å². The lowest BCUT2D eigenvalue weighted by molar-refractivity contribution is -0.143. The van der Waals surface area contributed by atoms with E-state index < -0.39 is 5.97 Å². The van der Waals surface area contributed by atoms with Crippen LogP contribution in [-0.4, -0.2) is 63.8 Å². The molecule has 2 rings (SSSR count). The molecule has 1 aliphatic carbocycles. The number of hydrogen-bond donors (Lipinski definition) is 2. The molecule has 0 bridgehead atoms. The monoisotopic (exact) mass is 284 g/mol. The van der Waals surface area contributed by atoms with Crippen molar-refractivity contribution in [2.75, 3.05) is 19.7 Å². The van der Waals surface area contributed by atoms with E-state index in [2.05, 4.69) is 0 Å². The molecule has 6 nitrogen and oxygen atoms in total. The lowest BCUT2D eigenvalue weighted by atomic mass is 9.90. The summed E-state index contributed by atoms with van der Waals surface area (Å²) in [7, 11) is 0. The van der Waals surface area contributed by atoms with Gasteiger partial charge in [-0.15, -0.1) is 0 Å². The van der Waals surface area contributed by atoms with Gasteiger partial charge in [-0.2, -0.15) is 0 Å². The highest BCUT2D eigenvalue weighted by Gasteiger charge is 2.37. The molecule has 2 unspecified atom stereocenters. The average Bonchev–Trinajstić information content (AvgIpc) is 2.35. The second-order valence-electron chi connectivity index (χ2n) is 5.89. The summed E-state index contributed by atoms with van der Waals surface area (Å²) < 4.78 is 0. The Bertz CT molecular complexity index is 370. The van der Waals surface area contributed by atoms with Crippen LogP contribution in [0.25, 0.3) is 0 Å². The Morgan fingerprint density at radius 3 is 2.45 bits per heavy atom. The van der Waals surface area contributed by atoms with E-state index in [-0.39, 0.29) is 30.6 Å². The summed E-state index contributed by atoms with van der Waals surface area (Å²) in [5, 5.41) is 18.2. The van der Waals surface area contributed by atoms with E-state index in [9.17, 15) is 9.59 Å². The van der Waals surface area contributed by atoms with Crippen LogP contribution in [0.4, 0.5) is 4.79 Å². The van der Waals surface area contributed by atoms with Gasteiger partial charge in [0.25, 0.3) is 0 Å². The predicted octanol–water partition coefficient (Wildman–Crippen LogP) is 1.14. The van der Waals surface area contributed by atoms with Crippen LogP contribution in [0.5, 0.6) is 0 Å². The van der Waals surface area contributed by atoms with Crippen LogP contribution >= 0.6 is 0 Å². The minimum absolute atomic E-state index is 0.0256. The molecule has 0 aromatic carbocycles. The highest BCUT2D eigenvalue weighted by atomic mass is 16.4. The minimum Gasteiger partial charge on any atom is -0.481 e. The molecule has 2 N–H and O–H groups in total. The third-order valence-corrected chi connectivity index (χ3v) is 4.57. The molecule has 0 aromatic heterocycles. The first-order valence-corrected chi connectivity index (χ1v) is 7.45. The number of likely N-dealkylation sites (tertiary alicyclic amines) is 1. The smallest absolute Gasteiger partial charge is 0.320 e. The van der Waals surface area contributed by atoms with E-state index in [0.717, 1.165) is 19.3 Å². The number of carboxylic acids is 1. The van der Waals surface area contributed by atoms with Gasteiger partial charge in [0.05, 0.1) is 12.5 Å². The number of nitrogens with zero attached hydrogens (tertiary/aromatic N) is 2. The molecular weight excluding hydrogens is 260 g/mol. The summed E-state index contributed by atoms with van der Waals surface area (Å²) in [5.74, 6) is -1.11. The number of aliphatic carboxylic acids is 1. The van der Waals surface area contributed by atoms with Crippen LogP contribution in [0.1, 0.15) is 39.0 Å². The predicted molar refractivity (Wildman–Crippen MR) is 73.4 cm³/mol. The number of urea groups is 1. The summed E-state index contributed by atoms with van der Waals surface area (Å²) in [6.07, 6.45) is 4.18. The summed E-state index contributed by atoms with van der Waals surface area (Å²) in [6.45, 7) is 2.74. The number of piperidine rings is 1. The summed E-state index contributed by atoms with van der Waals surface area (Å²) in [6, 6.07) is 0.151. The molecule has 0 radical (unpaired) electrons. The Hall–Kier alpha value is -1.30.